The zero-order chi connectivity index (χ0) is 23.5. The van der Waals surface area contributed by atoms with Crippen LogP contribution in [0.15, 0.2) is 91.3 Å². The minimum absolute atomic E-state index is 0.0452. The highest BCUT2D eigenvalue weighted by Crippen LogP contribution is 2.33. The Bertz CT molecular complexity index is 1390. The lowest BCUT2D eigenvalue weighted by atomic mass is 9.78. The van der Waals surface area contributed by atoms with Crippen LogP contribution in [-0.4, -0.2) is 20.4 Å². The fourth-order valence-corrected chi connectivity index (χ4v) is 5.27. The summed E-state index contributed by atoms with van der Waals surface area (Å²) in [5.74, 6) is 0.932. The van der Waals surface area contributed by atoms with Gasteiger partial charge in [-0.05, 0) is 49.2 Å². The fraction of sp³-hybridized carbons (Fsp3) is 0.179. The Morgan fingerprint density at radius 1 is 1.00 bits per heavy atom. The number of imidazole rings is 1. The first-order valence-electron chi connectivity index (χ1n) is 11.3. The first-order chi connectivity index (χ1) is 16.5. The average molecular weight is 467 g/mol. The van der Waals surface area contributed by atoms with Gasteiger partial charge in [0.25, 0.3) is 0 Å². The second-order valence-electron chi connectivity index (χ2n) is 8.70. The van der Waals surface area contributed by atoms with E-state index in [1.54, 1.807) is 17.5 Å². The molecule has 0 radical (unpaired) electrons. The maximum atomic E-state index is 13.7. The number of amides is 1. The lowest BCUT2D eigenvalue weighted by molar-refractivity contribution is -0.121. The quantitative estimate of drug-likeness (QED) is 0.321. The standard InChI is InChI=1S/C28H26N4OS/c1-20-29-16-17-32(20)19-21-12-14-23(15-13-21)30-27(33)28(2,22-8-4-3-5-9-22)18-26-31-24-10-6-7-11-25(24)34-26/h3-17H,18-19H2,1-2H3,(H,30,33). The number of benzene rings is 3. The molecule has 0 bridgehead atoms. The van der Waals surface area contributed by atoms with Crippen LogP contribution in [0, 0.1) is 6.92 Å². The Morgan fingerprint density at radius 3 is 2.44 bits per heavy atom. The third kappa shape index (κ3) is 4.50. The molecular formula is C28H26N4OS. The summed E-state index contributed by atoms with van der Waals surface area (Å²) in [7, 11) is 0. The molecule has 0 saturated heterocycles. The molecule has 0 fully saturated rings. The Morgan fingerprint density at radius 2 is 1.74 bits per heavy atom. The van der Waals surface area contributed by atoms with E-state index in [2.05, 4.69) is 20.9 Å². The predicted molar refractivity (Wildman–Crippen MR) is 138 cm³/mol. The number of aromatic nitrogens is 3. The molecule has 170 valence electrons. The molecule has 0 aliphatic carbocycles. The van der Waals surface area contributed by atoms with Crippen molar-refractivity contribution < 1.29 is 4.79 Å². The van der Waals surface area contributed by atoms with E-state index in [0.717, 1.165) is 44.4 Å². The van der Waals surface area contributed by atoms with Crippen LogP contribution in [0.2, 0.25) is 0 Å². The van der Waals surface area contributed by atoms with E-state index in [4.69, 9.17) is 4.98 Å². The third-order valence-corrected chi connectivity index (χ3v) is 7.28. The SMILES string of the molecule is Cc1nccn1Cc1ccc(NC(=O)C(C)(Cc2nc3ccccc3s2)c2ccccc2)cc1. The molecule has 5 aromatic rings. The van der Waals surface area contributed by atoms with Crippen LogP contribution in [0.3, 0.4) is 0 Å². The highest BCUT2D eigenvalue weighted by atomic mass is 32.1. The van der Waals surface area contributed by atoms with Crippen LogP contribution in [0.4, 0.5) is 5.69 Å². The first-order valence-corrected chi connectivity index (χ1v) is 12.1. The Balaban J connectivity index is 1.39. The number of rotatable bonds is 7. The number of hydrogen-bond donors (Lipinski definition) is 1. The summed E-state index contributed by atoms with van der Waals surface area (Å²) < 4.78 is 3.23. The summed E-state index contributed by atoms with van der Waals surface area (Å²) in [4.78, 5) is 22.8. The molecule has 1 unspecified atom stereocenters. The van der Waals surface area contributed by atoms with Crippen LogP contribution in [0.25, 0.3) is 10.2 Å². The van der Waals surface area contributed by atoms with Crippen molar-refractivity contribution in [2.45, 2.75) is 32.2 Å². The largest absolute Gasteiger partial charge is 0.331 e. The minimum Gasteiger partial charge on any atom is -0.331 e. The number of hydrogen-bond acceptors (Lipinski definition) is 4. The Kier molecular flexibility index (Phi) is 5.99. The van der Waals surface area contributed by atoms with E-state index in [9.17, 15) is 4.79 Å². The molecule has 6 heteroatoms. The summed E-state index contributed by atoms with van der Waals surface area (Å²) in [6.07, 6.45) is 4.30. The number of fused-ring (bicyclic) bond motifs is 1. The number of carbonyl (C=O) groups excluding carboxylic acids is 1. The van der Waals surface area contributed by atoms with Crippen LogP contribution in [0.1, 0.15) is 28.9 Å². The molecule has 1 amide bonds. The zero-order valence-electron chi connectivity index (χ0n) is 19.2. The van der Waals surface area contributed by atoms with E-state index in [0.29, 0.717) is 6.42 Å². The van der Waals surface area contributed by atoms with Crippen molar-refractivity contribution in [1.29, 1.82) is 0 Å². The molecule has 1 N–H and O–H groups in total. The lowest BCUT2D eigenvalue weighted by Gasteiger charge is -2.28. The maximum Gasteiger partial charge on any atom is 0.235 e. The van der Waals surface area contributed by atoms with E-state index < -0.39 is 5.41 Å². The van der Waals surface area contributed by atoms with Crippen molar-refractivity contribution in [3.8, 4) is 0 Å². The number of carbonyl (C=O) groups is 1. The van der Waals surface area contributed by atoms with Crippen molar-refractivity contribution in [3.05, 3.63) is 113 Å². The summed E-state index contributed by atoms with van der Waals surface area (Å²) in [6, 6.07) is 26.1. The Labute approximate surface area is 203 Å². The van der Waals surface area contributed by atoms with Gasteiger partial charge in [-0.1, -0.05) is 54.6 Å². The Hall–Kier alpha value is -3.77. The van der Waals surface area contributed by atoms with Gasteiger partial charge < -0.3 is 9.88 Å². The van der Waals surface area contributed by atoms with Crippen molar-refractivity contribution >= 4 is 33.1 Å². The van der Waals surface area contributed by atoms with Gasteiger partial charge in [0.05, 0.1) is 20.6 Å². The topological polar surface area (TPSA) is 59.8 Å². The number of nitrogens with one attached hydrogen (secondary N) is 1. The van der Waals surface area contributed by atoms with Gasteiger partial charge >= 0.3 is 0 Å². The van der Waals surface area contributed by atoms with Crippen LogP contribution >= 0.6 is 11.3 Å². The maximum absolute atomic E-state index is 13.7. The minimum atomic E-state index is -0.762. The van der Waals surface area contributed by atoms with Crippen molar-refractivity contribution in [1.82, 2.24) is 14.5 Å². The van der Waals surface area contributed by atoms with Gasteiger partial charge in [0.1, 0.15) is 5.82 Å². The molecule has 1 atom stereocenters. The lowest BCUT2D eigenvalue weighted by Crippen LogP contribution is -2.39. The molecule has 0 aliphatic heterocycles. The van der Waals surface area contributed by atoms with Crippen LogP contribution in [0.5, 0.6) is 0 Å². The second-order valence-corrected chi connectivity index (χ2v) is 9.82. The summed E-state index contributed by atoms with van der Waals surface area (Å²) in [5, 5.41) is 4.10. The molecule has 5 rings (SSSR count). The third-order valence-electron chi connectivity index (χ3n) is 6.24. The van der Waals surface area contributed by atoms with Gasteiger partial charge in [0, 0.05) is 31.0 Å². The molecule has 0 spiro atoms. The summed E-state index contributed by atoms with van der Waals surface area (Å²) >= 11 is 1.65. The van der Waals surface area contributed by atoms with E-state index in [1.807, 2.05) is 92.8 Å². The van der Waals surface area contributed by atoms with E-state index >= 15 is 0 Å². The second kappa shape index (κ2) is 9.23. The molecule has 2 heterocycles. The summed E-state index contributed by atoms with van der Waals surface area (Å²) in [6.45, 7) is 4.74. The number of nitrogens with zero attached hydrogens (tertiary/aromatic N) is 3. The zero-order valence-corrected chi connectivity index (χ0v) is 20.0. The normalized spacial score (nSPS) is 13.0. The molecule has 0 aliphatic rings. The highest BCUT2D eigenvalue weighted by molar-refractivity contribution is 7.18. The molecule has 3 aromatic carbocycles. The smallest absolute Gasteiger partial charge is 0.235 e. The van der Waals surface area contributed by atoms with Gasteiger partial charge in [-0.15, -0.1) is 11.3 Å². The first kappa shape index (κ1) is 22.0. The molecular weight excluding hydrogens is 440 g/mol. The molecule has 0 saturated carbocycles. The van der Waals surface area contributed by atoms with Crippen LogP contribution in [-0.2, 0) is 23.2 Å². The molecule has 2 aromatic heterocycles. The van der Waals surface area contributed by atoms with Gasteiger partial charge in [-0.25, -0.2) is 9.97 Å². The van der Waals surface area contributed by atoms with E-state index in [1.165, 1.54) is 0 Å². The summed E-state index contributed by atoms with van der Waals surface area (Å²) in [5.41, 5.74) is 3.12. The predicted octanol–water partition coefficient (Wildman–Crippen LogP) is 5.99. The number of aryl methyl sites for hydroxylation is 1. The average Bonchev–Trinajstić information content (AvgIpc) is 3.45. The van der Waals surface area contributed by atoms with Crippen molar-refractivity contribution in [2.24, 2.45) is 0 Å². The molecule has 34 heavy (non-hydrogen) atoms. The number of para-hydroxylation sites is 1. The number of anilines is 1. The van der Waals surface area contributed by atoms with E-state index in [-0.39, 0.29) is 5.91 Å². The van der Waals surface area contributed by atoms with Gasteiger partial charge in [-0.3, -0.25) is 4.79 Å². The monoisotopic (exact) mass is 466 g/mol. The van der Waals surface area contributed by atoms with Crippen molar-refractivity contribution in [3.63, 3.8) is 0 Å². The van der Waals surface area contributed by atoms with Gasteiger partial charge in [0.15, 0.2) is 0 Å². The highest BCUT2D eigenvalue weighted by Gasteiger charge is 2.36. The van der Waals surface area contributed by atoms with Gasteiger partial charge in [0.2, 0.25) is 5.91 Å². The van der Waals surface area contributed by atoms with Crippen LogP contribution < -0.4 is 5.32 Å². The number of thiazole rings is 1. The van der Waals surface area contributed by atoms with Gasteiger partial charge in [-0.2, -0.15) is 0 Å². The molecule has 5 nitrogen and oxygen atoms in total. The van der Waals surface area contributed by atoms with Crippen molar-refractivity contribution in [2.75, 3.05) is 5.32 Å². The fourth-order valence-electron chi connectivity index (χ4n) is 4.15.